The average Bonchev–Trinajstić information content (AvgIpc) is 2.76. The van der Waals surface area contributed by atoms with Gasteiger partial charge in [0.05, 0.1) is 13.2 Å². The second kappa shape index (κ2) is 12.9. The van der Waals surface area contributed by atoms with Crippen LogP contribution in [0.5, 0.6) is 5.75 Å². The molecule has 31 heavy (non-hydrogen) atoms. The fourth-order valence-corrected chi connectivity index (χ4v) is 3.44. The van der Waals surface area contributed by atoms with E-state index in [1.54, 1.807) is 13.1 Å². The summed E-state index contributed by atoms with van der Waals surface area (Å²) >= 11 is 6.00. The molecule has 0 aromatic heterocycles. The summed E-state index contributed by atoms with van der Waals surface area (Å²) in [5.74, 6) is 0.616. The Balaban J connectivity index is 0.00000341. The molecule has 3 rings (SSSR count). The molecule has 0 spiro atoms. The predicted octanol–water partition coefficient (Wildman–Crippen LogP) is 4.26. The van der Waals surface area contributed by atoms with Crippen molar-refractivity contribution in [3.05, 3.63) is 58.6 Å². The number of halogens is 4. The SMILES string of the molecule is CN=C(NCc1cc(Cl)ccc1OC(F)F)NCc1ccccc1N1CCOCC1.I. The number of anilines is 1. The fourth-order valence-electron chi connectivity index (χ4n) is 3.25. The highest BCUT2D eigenvalue weighted by Crippen LogP contribution is 2.24. The lowest BCUT2D eigenvalue weighted by molar-refractivity contribution is -0.0504. The van der Waals surface area contributed by atoms with E-state index in [9.17, 15) is 8.78 Å². The number of nitrogens with one attached hydrogen (secondary N) is 2. The number of hydrogen-bond donors (Lipinski definition) is 2. The molecule has 6 nitrogen and oxygen atoms in total. The maximum absolute atomic E-state index is 12.6. The van der Waals surface area contributed by atoms with Crippen molar-refractivity contribution in [2.24, 2.45) is 4.99 Å². The molecule has 0 atom stereocenters. The molecule has 0 aliphatic carbocycles. The second-order valence-corrected chi connectivity index (χ2v) is 7.07. The normalized spacial score (nSPS) is 14.2. The van der Waals surface area contributed by atoms with Crippen molar-refractivity contribution in [3.8, 4) is 5.75 Å². The highest BCUT2D eigenvalue weighted by atomic mass is 127. The van der Waals surface area contributed by atoms with Crippen molar-refractivity contribution in [1.82, 2.24) is 10.6 Å². The summed E-state index contributed by atoms with van der Waals surface area (Å²) in [4.78, 5) is 6.51. The standard InChI is InChI=1S/C21H25ClF2N4O2.HI/c1-25-21(27-14-16-12-17(22)6-7-19(16)30-20(23)24)26-13-15-4-2-3-5-18(15)28-8-10-29-11-9-28;/h2-7,12,20H,8-11,13-14H2,1H3,(H2,25,26,27);1H. The molecule has 2 aromatic rings. The van der Waals surface area contributed by atoms with Gasteiger partial charge in [-0.3, -0.25) is 4.99 Å². The molecule has 2 N–H and O–H groups in total. The summed E-state index contributed by atoms with van der Waals surface area (Å²) in [5.41, 5.74) is 2.80. The van der Waals surface area contributed by atoms with E-state index in [0.29, 0.717) is 36.3 Å². The molecule has 0 saturated carbocycles. The minimum atomic E-state index is -2.90. The average molecular weight is 567 g/mol. The van der Waals surface area contributed by atoms with E-state index in [0.717, 1.165) is 24.3 Å². The summed E-state index contributed by atoms with van der Waals surface area (Å²) in [6.45, 7) is 1.02. The highest BCUT2D eigenvalue weighted by Gasteiger charge is 2.15. The Hall–Kier alpha value is -1.85. The van der Waals surface area contributed by atoms with Crippen molar-refractivity contribution in [1.29, 1.82) is 0 Å². The van der Waals surface area contributed by atoms with Crippen LogP contribution in [0, 0.1) is 0 Å². The van der Waals surface area contributed by atoms with E-state index in [1.807, 2.05) is 12.1 Å². The van der Waals surface area contributed by atoms with Gasteiger partial charge in [0.25, 0.3) is 0 Å². The van der Waals surface area contributed by atoms with Gasteiger partial charge in [0.15, 0.2) is 5.96 Å². The van der Waals surface area contributed by atoms with Crippen molar-refractivity contribution in [2.45, 2.75) is 19.7 Å². The van der Waals surface area contributed by atoms with Crippen LogP contribution in [0.25, 0.3) is 0 Å². The topological polar surface area (TPSA) is 58.1 Å². The minimum absolute atomic E-state index is 0. The Kier molecular flexibility index (Phi) is 10.6. The van der Waals surface area contributed by atoms with Gasteiger partial charge in [-0.05, 0) is 29.8 Å². The monoisotopic (exact) mass is 566 g/mol. The van der Waals surface area contributed by atoms with Crippen LogP contribution < -0.4 is 20.3 Å². The Morgan fingerprint density at radius 2 is 1.81 bits per heavy atom. The number of benzene rings is 2. The van der Waals surface area contributed by atoms with E-state index >= 15 is 0 Å². The van der Waals surface area contributed by atoms with E-state index in [1.165, 1.54) is 12.1 Å². The van der Waals surface area contributed by atoms with E-state index in [4.69, 9.17) is 16.3 Å². The predicted molar refractivity (Wildman–Crippen MR) is 130 cm³/mol. The van der Waals surface area contributed by atoms with Gasteiger partial charge >= 0.3 is 6.61 Å². The van der Waals surface area contributed by atoms with Crippen LogP contribution >= 0.6 is 35.6 Å². The highest BCUT2D eigenvalue weighted by molar-refractivity contribution is 14.0. The molecule has 1 aliphatic heterocycles. The number of guanidine groups is 1. The number of hydrogen-bond acceptors (Lipinski definition) is 4. The number of rotatable bonds is 7. The van der Waals surface area contributed by atoms with Gasteiger partial charge in [-0.2, -0.15) is 8.78 Å². The van der Waals surface area contributed by atoms with Crippen LogP contribution in [0.3, 0.4) is 0 Å². The molecule has 0 radical (unpaired) electrons. The number of ether oxygens (including phenoxy) is 2. The zero-order valence-electron chi connectivity index (χ0n) is 17.1. The summed E-state index contributed by atoms with van der Waals surface area (Å²) in [6.07, 6.45) is 0. The second-order valence-electron chi connectivity index (χ2n) is 6.64. The summed E-state index contributed by atoms with van der Waals surface area (Å²) in [7, 11) is 1.65. The smallest absolute Gasteiger partial charge is 0.387 e. The van der Waals surface area contributed by atoms with Crippen molar-refractivity contribution in [2.75, 3.05) is 38.3 Å². The molecule has 1 fully saturated rings. The first kappa shape index (κ1) is 25.4. The van der Waals surface area contributed by atoms with Crippen molar-refractivity contribution >= 4 is 47.2 Å². The Labute approximate surface area is 203 Å². The first-order valence-electron chi connectivity index (χ1n) is 9.65. The lowest BCUT2D eigenvalue weighted by atomic mass is 10.1. The van der Waals surface area contributed by atoms with Gasteiger partial charge in [-0.1, -0.05) is 29.8 Å². The zero-order chi connectivity index (χ0) is 21.3. The molecule has 0 amide bonds. The molecule has 2 aromatic carbocycles. The first-order chi connectivity index (χ1) is 14.6. The van der Waals surface area contributed by atoms with Gasteiger partial charge in [0, 0.05) is 49.5 Å². The van der Waals surface area contributed by atoms with E-state index in [-0.39, 0.29) is 36.3 Å². The molecular formula is C21H26ClF2IN4O2. The lowest BCUT2D eigenvalue weighted by Crippen LogP contribution is -2.39. The van der Waals surface area contributed by atoms with Gasteiger partial charge < -0.3 is 25.0 Å². The van der Waals surface area contributed by atoms with Crippen LogP contribution in [0.4, 0.5) is 14.5 Å². The summed E-state index contributed by atoms with van der Waals surface area (Å²) in [6, 6.07) is 12.7. The molecule has 0 unspecified atom stereocenters. The zero-order valence-corrected chi connectivity index (χ0v) is 20.2. The minimum Gasteiger partial charge on any atom is -0.434 e. The quantitative estimate of drug-likeness (QED) is 0.298. The first-order valence-corrected chi connectivity index (χ1v) is 10.0. The Morgan fingerprint density at radius 1 is 1.13 bits per heavy atom. The van der Waals surface area contributed by atoms with Gasteiger partial charge in [0.1, 0.15) is 5.75 Å². The van der Waals surface area contributed by atoms with Gasteiger partial charge in [0.2, 0.25) is 0 Å². The van der Waals surface area contributed by atoms with Crippen LogP contribution in [0.15, 0.2) is 47.5 Å². The Bertz CT molecular complexity index is 867. The third kappa shape index (κ3) is 7.65. The van der Waals surface area contributed by atoms with E-state index < -0.39 is 6.61 Å². The summed E-state index contributed by atoms with van der Waals surface area (Å²) in [5, 5.41) is 6.83. The molecule has 1 saturated heterocycles. The number of morpholine rings is 1. The van der Waals surface area contributed by atoms with Crippen LogP contribution in [0.2, 0.25) is 5.02 Å². The third-order valence-corrected chi connectivity index (χ3v) is 4.93. The molecule has 0 bridgehead atoms. The maximum atomic E-state index is 12.6. The molecule has 170 valence electrons. The van der Waals surface area contributed by atoms with Crippen LogP contribution in [-0.2, 0) is 17.8 Å². The van der Waals surface area contributed by atoms with Crippen molar-refractivity contribution < 1.29 is 18.3 Å². The Morgan fingerprint density at radius 3 is 2.48 bits per heavy atom. The van der Waals surface area contributed by atoms with E-state index in [2.05, 4.69) is 37.4 Å². The molecule has 1 heterocycles. The number of alkyl halides is 2. The van der Waals surface area contributed by atoms with Gasteiger partial charge in [-0.25, -0.2) is 0 Å². The largest absolute Gasteiger partial charge is 0.434 e. The molecule has 1 aliphatic rings. The maximum Gasteiger partial charge on any atom is 0.387 e. The number of nitrogens with zero attached hydrogens (tertiary/aromatic N) is 2. The summed E-state index contributed by atoms with van der Waals surface area (Å²) < 4.78 is 35.3. The van der Waals surface area contributed by atoms with Crippen LogP contribution in [0.1, 0.15) is 11.1 Å². The van der Waals surface area contributed by atoms with Crippen LogP contribution in [-0.4, -0.2) is 45.9 Å². The third-order valence-electron chi connectivity index (χ3n) is 4.70. The number of para-hydroxylation sites is 1. The van der Waals surface area contributed by atoms with Gasteiger partial charge in [-0.15, -0.1) is 24.0 Å². The number of aliphatic imine (C=N–C) groups is 1. The lowest BCUT2D eigenvalue weighted by Gasteiger charge is -2.30. The molecular weight excluding hydrogens is 541 g/mol. The molecule has 10 heteroatoms. The van der Waals surface area contributed by atoms with Crippen molar-refractivity contribution in [3.63, 3.8) is 0 Å². The fraction of sp³-hybridized carbons (Fsp3) is 0.381.